The highest BCUT2D eigenvalue weighted by atomic mass is 32.1. The van der Waals surface area contributed by atoms with Crippen LogP contribution in [0.25, 0.3) is 114 Å². The van der Waals surface area contributed by atoms with Gasteiger partial charge in [0.25, 0.3) is 6.71 Å². The quantitative estimate of drug-likeness (QED) is 0.149. The Hall–Kier alpha value is -10.7. The van der Waals surface area contributed by atoms with Crippen LogP contribution in [0.2, 0.25) is 0 Å². The summed E-state index contributed by atoms with van der Waals surface area (Å²) in [6, 6.07) is 101. The van der Waals surface area contributed by atoms with Crippen LogP contribution in [0.1, 0.15) is 132 Å². The van der Waals surface area contributed by atoms with Crippen LogP contribution in [0.5, 0.6) is 0 Å². The molecule has 0 N–H and O–H groups in total. The number of hydrogen-bond donors (Lipinski definition) is 0. The smallest absolute Gasteiger partial charge is 0.252 e. The average Bonchev–Trinajstić information content (AvgIpc) is 0.729. The molecule has 2 aliphatic heterocycles. The Labute approximate surface area is 617 Å². The lowest BCUT2D eigenvalue weighted by molar-refractivity contribution is 0.568. The molecule has 0 unspecified atom stereocenters. The summed E-state index contributed by atoms with van der Waals surface area (Å²) < 4.78 is 12.2. The number of hydrogen-bond acceptors (Lipinski definition) is 4. The van der Waals surface area contributed by atoms with E-state index in [0.717, 1.165) is 89.3 Å². The maximum Gasteiger partial charge on any atom is 0.252 e. The first kappa shape index (κ1) is 65.4. The van der Waals surface area contributed by atoms with Gasteiger partial charge in [0.15, 0.2) is 5.58 Å². The predicted molar refractivity (Wildman–Crippen MR) is 450 cm³/mol. The largest absolute Gasteiger partial charge is 0.454 e. The first-order chi connectivity index (χ1) is 49.7. The van der Waals surface area contributed by atoms with Crippen molar-refractivity contribution >= 4 is 132 Å². The van der Waals surface area contributed by atoms with Gasteiger partial charge in [-0.3, -0.25) is 0 Å². The Bertz CT molecular complexity index is 6150. The molecule has 0 aliphatic carbocycles. The van der Waals surface area contributed by atoms with Gasteiger partial charge in [-0.05, 0) is 177 Å². The van der Waals surface area contributed by atoms with E-state index in [1.165, 1.54) is 103 Å². The SMILES string of the molecule is CC(C)(C)c1ccc(-c2cc3c4c(c2)N(c2ccccc2-c2cc(C(C)(C)C)cc(C(C)(C)C)c2)c2cc(-n5c6ccccc6c6ccc7c8ccccc8oc7c65)ccc2B4c2cc(-c4cccc5sc6ccccc6c45)ccc2N3c2ccccc2-c2cc(C(C)(C)C)cc(C(C)(C)C)c2)cc1. The van der Waals surface area contributed by atoms with Crippen LogP contribution in [-0.4, -0.2) is 11.3 Å². The standard InChI is InChI=1S/C98H88BN3OS/c1-94(2,3)64-42-39-59(40-43-64)61-54-85-91-86(55-61)102(81-34-22-17-28-71(81)63-51-67(97(10,11)12)57-68(52-63)98(13,14)15)84-58-69(100-82-35-23-18-29-73(82)75-45-46-76-74-30-19-24-36-87(74)103-93(76)92(75)100)44-47-78(84)99(91)79-53-60(72-32-26-38-89-90(72)77-31-20-25-37-88(77)104-89)41-48-83(79)101(85)80-33-21-16-27-70(80)62-49-65(95(4,5)6)56-66(50-62)96(7,8)9/h16-58H,1-15H3. The summed E-state index contributed by atoms with van der Waals surface area (Å²) in [6.07, 6.45) is 0. The van der Waals surface area contributed by atoms with Gasteiger partial charge in [-0.15, -0.1) is 11.3 Å². The van der Waals surface area contributed by atoms with Crippen LogP contribution in [0.15, 0.2) is 265 Å². The molecular formula is C98H88BN3OS. The van der Waals surface area contributed by atoms with E-state index in [4.69, 9.17) is 4.42 Å². The number of aromatic nitrogens is 1. The molecule has 0 saturated carbocycles. The lowest BCUT2D eigenvalue weighted by Crippen LogP contribution is -2.61. The molecule has 18 rings (SSSR count). The second-order valence-corrected chi connectivity index (χ2v) is 35.7. The molecule has 5 heterocycles. The Morgan fingerprint density at radius 2 is 0.817 bits per heavy atom. The first-order valence-electron chi connectivity index (χ1n) is 37.2. The molecule has 0 bridgehead atoms. The van der Waals surface area contributed by atoms with Gasteiger partial charge in [0.05, 0.1) is 22.4 Å². The fourth-order valence-corrected chi connectivity index (χ4v) is 17.9. The Morgan fingerprint density at radius 1 is 0.308 bits per heavy atom. The number of fused-ring (bicyclic) bond motifs is 14. The predicted octanol–water partition coefficient (Wildman–Crippen LogP) is 26.3. The van der Waals surface area contributed by atoms with Gasteiger partial charge in [-0.1, -0.05) is 292 Å². The minimum atomic E-state index is -0.241. The molecule has 0 saturated heterocycles. The Morgan fingerprint density at radius 3 is 1.43 bits per heavy atom. The number of para-hydroxylation sites is 4. The van der Waals surface area contributed by atoms with Crippen molar-refractivity contribution in [2.24, 2.45) is 0 Å². The van der Waals surface area contributed by atoms with Crippen molar-refractivity contribution in [3.05, 3.63) is 289 Å². The molecule has 16 aromatic rings. The molecule has 2 aliphatic rings. The van der Waals surface area contributed by atoms with E-state index in [2.05, 4.69) is 379 Å². The summed E-state index contributed by atoms with van der Waals surface area (Å²) in [6.45, 7) is 35.0. The lowest BCUT2D eigenvalue weighted by atomic mass is 9.33. The van der Waals surface area contributed by atoms with Crippen molar-refractivity contribution in [3.8, 4) is 50.2 Å². The number of benzene rings is 13. The maximum absolute atomic E-state index is 7.10. The van der Waals surface area contributed by atoms with Gasteiger partial charge >= 0.3 is 0 Å². The number of anilines is 6. The molecule has 0 atom stereocenters. The number of furan rings is 1. The van der Waals surface area contributed by atoms with E-state index in [-0.39, 0.29) is 33.8 Å². The summed E-state index contributed by atoms with van der Waals surface area (Å²) in [5.74, 6) is 0. The molecule has 510 valence electrons. The molecular weight excluding hydrogens is 1280 g/mol. The van der Waals surface area contributed by atoms with E-state index in [1.54, 1.807) is 0 Å². The monoisotopic (exact) mass is 1370 g/mol. The molecule has 13 aromatic carbocycles. The molecule has 4 nitrogen and oxygen atoms in total. The van der Waals surface area contributed by atoms with Crippen molar-refractivity contribution in [2.45, 2.75) is 131 Å². The summed E-state index contributed by atoms with van der Waals surface area (Å²) in [4.78, 5) is 5.35. The van der Waals surface area contributed by atoms with Crippen LogP contribution in [0.3, 0.4) is 0 Å². The third-order valence-electron chi connectivity index (χ3n) is 22.5. The van der Waals surface area contributed by atoms with Gasteiger partial charge < -0.3 is 18.8 Å². The van der Waals surface area contributed by atoms with E-state index in [1.807, 2.05) is 11.3 Å². The van der Waals surface area contributed by atoms with Gasteiger partial charge in [-0.25, -0.2) is 0 Å². The third kappa shape index (κ3) is 10.6. The number of rotatable bonds is 7. The van der Waals surface area contributed by atoms with Crippen LogP contribution in [0.4, 0.5) is 34.1 Å². The maximum atomic E-state index is 7.10. The molecule has 104 heavy (non-hydrogen) atoms. The van der Waals surface area contributed by atoms with Gasteiger partial charge in [0.1, 0.15) is 5.58 Å². The lowest BCUT2D eigenvalue weighted by Gasteiger charge is -2.45. The Kier molecular flexibility index (Phi) is 14.7. The van der Waals surface area contributed by atoms with E-state index < -0.39 is 0 Å². The van der Waals surface area contributed by atoms with E-state index in [9.17, 15) is 0 Å². The van der Waals surface area contributed by atoms with E-state index in [0.29, 0.717) is 0 Å². The first-order valence-corrected chi connectivity index (χ1v) is 38.0. The van der Waals surface area contributed by atoms with Crippen LogP contribution < -0.4 is 26.2 Å². The molecule has 0 spiro atoms. The summed E-state index contributed by atoms with van der Waals surface area (Å²) in [7, 11) is 0. The van der Waals surface area contributed by atoms with Gasteiger partial charge in [0.2, 0.25) is 0 Å². The molecule has 0 radical (unpaired) electrons. The van der Waals surface area contributed by atoms with Crippen molar-refractivity contribution in [1.82, 2.24) is 4.57 Å². The molecule has 6 heteroatoms. The van der Waals surface area contributed by atoms with Crippen molar-refractivity contribution in [1.29, 1.82) is 0 Å². The molecule has 0 amide bonds. The number of thiophene rings is 1. The normalized spacial score (nSPS) is 13.5. The van der Waals surface area contributed by atoms with Crippen molar-refractivity contribution < 1.29 is 4.42 Å². The second-order valence-electron chi connectivity index (χ2n) is 34.6. The highest BCUT2D eigenvalue weighted by Gasteiger charge is 2.45. The van der Waals surface area contributed by atoms with Crippen molar-refractivity contribution in [2.75, 3.05) is 9.80 Å². The van der Waals surface area contributed by atoms with Gasteiger partial charge in [0, 0.05) is 81.3 Å². The fourth-order valence-electron chi connectivity index (χ4n) is 16.8. The molecule has 3 aromatic heterocycles. The Balaban J connectivity index is 0.995. The summed E-state index contributed by atoms with van der Waals surface area (Å²) in [5, 5.41) is 7.13. The van der Waals surface area contributed by atoms with Crippen LogP contribution in [0, 0.1) is 0 Å². The average molecular weight is 1370 g/mol. The van der Waals surface area contributed by atoms with Crippen molar-refractivity contribution in [3.63, 3.8) is 0 Å². The zero-order valence-electron chi connectivity index (χ0n) is 62.6. The van der Waals surface area contributed by atoms with Gasteiger partial charge in [-0.2, -0.15) is 0 Å². The minimum Gasteiger partial charge on any atom is -0.454 e. The highest BCUT2D eigenvalue weighted by Crippen LogP contribution is 2.53. The third-order valence-corrected chi connectivity index (χ3v) is 23.7. The molecule has 0 fully saturated rings. The second kappa shape index (κ2) is 23.4. The van der Waals surface area contributed by atoms with Crippen LogP contribution in [-0.2, 0) is 27.1 Å². The van der Waals surface area contributed by atoms with Crippen LogP contribution >= 0.6 is 11.3 Å². The summed E-state index contributed by atoms with van der Waals surface area (Å²) in [5.41, 5.74) is 31.1. The topological polar surface area (TPSA) is 24.6 Å². The highest BCUT2D eigenvalue weighted by molar-refractivity contribution is 7.26. The zero-order valence-corrected chi connectivity index (χ0v) is 63.4. The summed E-state index contributed by atoms with van der Waals surface area (Å²) >= 11 is 1.88. The van der Waals surface area contributed by atoms with E-state index >= 15 is 0 Å². The number of nitrogens with zero attached hydrogens (tertiary/aromatic N) is 3. The fraction of sp³-hybridized carbons (Fsp3) is 0.204. The minimum absolute atomic E-state index is 0.0402. The zero-order chi connectivity index (χ0) is 71.8.